The summed E-state index contributed by atoms with van der Waals surface area (Å²) in [7, 11) is 0. The highest BCUT2D eigenvalue weighted by Crippen LogP contribution is 2.40. The summed E-state index contributed by atoms with van der Waals surface area (Å²) in [6.45, 7) is 1.81. The first-order valence-corrected chi connectivity index (χ1v) is 6.96. The third-order valence-corrected chi connectivity index (χ3v) is 3.68. The first-order chi connectivity index (χ1) is 9.43. The number of rotatable bonds is 6. The van der Waals surface area contributed by atoms with Gasteiger partial charge in [0.1, 0.15) is 0 Å². The molecule has 98 valence electrons. The van der Waals surface area contributed by atoms with Gasteiger partial charge in [0.15, 0.2) is 0 Å². The van der Waals surface area contributed by atoms with E-state index in [1.54, 1.807) is 0 Å². The molecule has 0 saturated heterocycles. The van der Waals surface area contributed by atoms with E-state index in [1.807, 2.05) is 0 Å². The van der Waals surface area contributed by atoms with Crippen LogP contribution >= 0.6 is 0 Å². The topological polar surface area (TPSA) is 24.1 Å². The second-order valence-electron chi connectivity index (χ2n) is 5.15. The standard InChI is InChI=1S/C17H20N2/c1-3-7-14(8-4-1)12-18-13-19-17-11-16(17)15-9-5-2-6-10-15/h1-10,16-19H,11-13H2. The van der Waals surface area contributed by atoms with E-state index < -0.39 is 0 Å². The summed E-state index contributed by atoms with van der Waals surface area (Å²) in [5.41, 5.74) is 2.79. The molecule has 0 bridgehead atoms. The lowest BCUT2D eigenvalue weighted by molar-refractivity contribution is 0.573. The summed E-state index contributed by atoms with van der Waals surface area (Å²) in [6.07, 6.45) is 1.26. The van der Waals surface area contributed by atoms with Crippen molar-refractivity contribution in [1.82, 2.24) is 10.6 Å². The lowest BCUT2D eigenvalue weighted by atomic mass is 10.1. The minimum Gasteiger partial charge on any atom is -0.301 e. The first kappa shape index (κ1) is 12.4. The Labute approximate surface area is 114 Å². The Morgan fingerprint density at radius 2 is 1.58 bits per heavy atom. The zero-order valence-corrected chi connectivity index (χ0v) is 11.0. The van der Waals surface area contributed by atoms with Crippen molar-refractivity contribution >= 4 is 0 Å². The highest BCUT2D eigenvalue weighted by Gasteiger charge is 2.37. The van der Waals surface area contributed by atoms with Crippen LogP contribution in [0.25, 0.3) is 0 Å². The summed E-state index contributed by atoms with van der Waals surface area (Å²) < 4.78 is 0. The van der Waals surface area contributed by atoms with Crippen molar-refractivity contribution in [2.75, 3.05) is 6.67 Å². The molecule has 1 aliphatic rings. The van der Waals surface area contributed by atoms with E-state index in [9.17, 15) is 0 Å². The van der Waals surface area contributed by atoms with Crippen molar-refractivity contribution < 1.29 is 0 Å². The summed E-state index contributed by atoms with van der Waals surface area (Å²) >= 11 is 0. The monoisotopic (exact) mass is 252 g/mol. The largest absolute Gasteiger partial charge is 0.301 e. The Kier molecular flexibility index (Phi) is 3.92. The molecule has 0 amide bonds. The average molecular weight is 252 g/mol. The predicted molar refractivity (Wildman–Crippen MR) is 78.9 cm³/mol. The normalized spacial score (nSPS) is 21.3. The van der Waals surface area contributed by atoms with Gasteiger partial charge in [0.2, 0.25) is 0 Å². The maximum atomic E-state index is 3.56. The fourth-order valence-electron chi connectivity index (χ4n) is 2.50. The van der Waals surface area contributed by atoms with E-state index in [0.29, 0.717) is 12.0 Å². The van der Waals surface area contributed by atoms with E-state index in [-0.39, 0.29) is 0 Å². The lowest BCUT2D eigenvalue weighted by Gasteiger charge is -2.07. The molecule has 2 unspecified atom stereocenters. The van der Waals surface area contributed by atoms with E-state index in [2.05, 4.69) is 71.3 Å². The molecule has 2 aromatic carbocycles. The van der Waals surface area contributed by atoms with Crippen LogP contribution in [-0.2, 0) is 6.54 Å². The summed E-state index contributed by atoms with van der Waals surface area (Å²) in [5, 5.41) is 7.00. The van der Waals surface area contributed by atoms with Gasteiger partial charge in [-0.1, -0.05) is 60.7 Å². The molecule has 2 aromatic rings. The molecule has 0 spiro atoms. The maximum absolute atomic E-state index is 3.56. The fraction of sp³-hybridized carbons (Fsp3) is 0.294. The van der Waals surface area contributed by atoms with Crippen molar-refractivity contribution in [3.05, 3.63) is 71.8 Å². The van der Waals surface area contributed by atoms with Gasteiger partial charge in [0, 0.05) is 25.2 Å². The molecule has 2 N–H and O–H groups in total. The quantitative estimate of drug-likeness (QED) is 0.610. The van der Waals surface area contributed by atoms with Crippen molar-refractivity contribution in [3.63, 3.8) is 0 Å². The van der Waals surface area contributed by atoms with Crippen LogP contribution < -0.4 is 10.6 Å². The molecule has 1 aliphatic carbocycles. The number of hydrogen-bond acceptors (Lipinski definition) is 2. The number of nitrogens with one attached hydrogen (secondary N) is 2. The Morgan fingerprint density at radius 1 is 0.895 bits per heavy atom. The van der Waals surface area contributed by atoms with Crippen LogP contribution in [0.5, 0.6) is 0 Å². The molecule has 3 rings (SSSR count). The Bertz CT molecular complexity index is 495. The van der Waals surface area contributed by atoms with Crippen LogP contribution in [0.3, 0.4) is 0 Å². The van der Waals surface area contributed by atoms with Gasteiger partial charge in [0.25, 0.3) is 0 Å². The van der Waals surface area contributed by atoms with E-state index in [0.717, 1.165) is 13.2 Å². The minimum atomic E-state index is 0.644. The third-order valence-electron chi connectivity index (χ3n) is 3.68. The molecule has 0 heterocycles. The van der Waals surface area contributed by atoms with Crippen LogP contribution in [0.2, 0.25) is 0 Å². The van der Waals surface area contributed by atoms with E-state index in [1.165, 1.54) is 17.5 Å². The van der Waals surface area contributed by atoms with Crippen molar-refractivity contribution in [2.24, 2.45) is 0 Å². The second kappa shape index (κ2) is 6.00. The van der Waals surface area contributed by atoms with Gasteiger partial charge in [-0.05, 0) is 17.5 Å². The van der Waals surface area contributed by atoms with Gasteiger partial charge in [0.05, 0.1) is 0 Å². The summed E-state index contributed by atoms with van der Waals surface area (Å²) in [5.74, 6) is 0.708. The highest BCUT2D eigenvalue weighted by atomic mass is 15.1. The van der Waals surface area contributed by atoms with Crippen molar-refractivity contribution in [3.8, 4) is 0 Å². The van der Waals surface area contributed by atoms with Crippen molar-refractivity contribution in [1.29, 1.82) is 0 Å². The number of benzene rings is 2. The Morgan fingerprint density at radius 3 is 2.32 bits per heavy atom. The van der Waals surface area contributed by atoms with Gasteiger partial charge in [-0.2, -0.15) is 0 Å². The molecule has 0 aromatic heterocycles. The summed E-state index contributed by atoms with van der Waals surface area (Å²) in [4.78, 5) is 0. The van der Waals surface area contributed by atoms with Crippen LogP contribution in [0.1, 0.15) is 23.5 Å². The molecule has 2 atom stereocenters. The minimum absolute atomic E-state index is 0.644. The Hall–Kier alpha value is -1.64. The number of hydrogen-bond donors (Lipinski definition) is 2. The van der Waals surface area contributed by atoms with Crippen LogP contribution in [0.4, 0.5) is 0 Å². The zero-order chi connectivity index (χ0) is 12.9. The molecule has 2 nitrogen and oxygen atoms in total. The van der Waals surface area contributed by atoms with Gasteiger partial charge in [-0.15, -0.1) is 0 Å². The molecule has 0 radical (unpaired) electrons. The molecule has 2 heteroatoms. The second-order valence-corrected chi connectivity index (χ2v) is 5.15. The van der Waals surface area contributed by atoms with Crippen LogP contribution in [0.15, 0.2) is 60.7 Å². The van der Waals surface area contributed by atoms with Crippen LogP contribution in [-0.4, -0.2) is 12.7 Å². The molecular weight excluding hydrogens is 232 g/mol. The molecule has 19 heavy (non-hydrogen) atoms. The maximum Gasteiger partial charge on any atom is 0.0459 e. The fourth-order valence-corrected chi connectivity index (χ4v) is 2.50. The van der Waals surface area contributed by atoms with Crippen molar-refractivity contribution in [2.45, 2.75) is 24.9 Å². The average Bonchev–Trinajstić information content (AvgIpc) is 3.25. The van der Waals surface area contributed by atoms with Crippen LogP contribution in [0, 0.1) is 0 Å². The Balaban J connectivity index is 1.36. The van der Waals surface area contributed by atoms with Gasteiger partial charge < -0.3 is 10.6 Å². The molecule has 1 saturated carbocycles. The SMILES string of the molecule is c1ccc(CNCNC2CC2c2ccccc2)cc1. The summed E-state index contributed by atoms with van der Waals surface area (Å²) in [6, 6.07) is 21.9. The molecule has 1 fully saturated rings. The van der Waals surface area contributed by atoms with Gasteiger partial charge >= 0.3 is 0 Å². The zero-order valence-electron chi connectivity index (χ0n) is 11.0. The van der Waals surface area contributed by atoms with Gasteiger partial charge in [-0.25, -0.2) is 0 Å². The lowest BCUT2D eigenvalue weighted by Crippen LogP contribution is -2.30. The smallest absolute Gasteiger partial charge is 0.0459 e. The van der Waals surface area contributed by atoms with Gasteiger partial charge in [-0.3, -0.25) is 0 Å². The van der Waals surface area contributed by atoms with E-state index in [4.69, 9.17) is 0 Å². The highest BCUT2D eigenvalue weighted by molar-refractivity contribution is 5.27. The van der Waals surface area contributed by atoms with E-state index >= 15 is 0 Å². The first-order valence-electron chi connectivity index (χ1n) is 6.96. The molecule has 0 aliphatic heterocycles. The molecular formula is C17H20N2. The third kappa shape index (κ3) is 3.43. The predicted octanol–water partition coefficient (Wildman–Crippen LogP) is 2.88.